The summed E-state index contributed by atoms with van der Waals surface area (Å²) in [6.07, 6.45) is 2.23. The molecule has 21 heavy (non-hydrogen) atoms. The van der Waals surface area contributed by atoms with Crippen molar-refractivity contribution in [2.75, 3.05) is 18.2 Å². The van der Waals surface area contributed by atoms with E-state index in [-0.39, 0.29) is 11.7 Å². The molecule has 6 nitrogen and oxygen atoms in total. The Bertz CT molecular complexity index is 640. The number of carbonyl (C=O) groups excluding carboxylic acids is 1. The van der Waals surface area contributed by atoms with Crippen molar-refractivity contribution in [3.05, 3.63) is 30.2 Å². The zero-order chi connectivity index (χ0) is 14.7. The second-order valence-electron chi connectivity index (χ2n) is 4.75. The normalized spacial score (nSPS) is 14.0. The van der Waals surface area contributed by atoms with E-state index in [1.807, 2.05) is 18.2 Å². The average molecular weight is 305 g/mol. The molecule has 3 rings (SSSR count). The minimum absolute atomic E-state index is 0.126. The molecule has 1 aromatic heterocycles. The molecule has 2 aromatic rings. The third-order valence-electron chi connectivity index (χ3n) is 3.03. The summed E-state index contributed by atoms with van der Waals surface area (Å²) in [6, 6.07) is 7.22. The van der Waals surface area contributed by atoms with E-state index in [4.69, 9.17) is 9.15 Å². The first-order valence-corrected chi connectivity index (χ1v) is 7.63. The van der Waals surface area contributed by atoms with Crippen LogP contribution in [0.25, 0.3) is 0 Å². The molecule has 1 N–H and O–H groups in total. The Morgan fingerprint density at radius 1 is 1.48 bits per heavy atom. The van der Waals surface area contributed by atoms with Crippen molar-refractivity contribution in [3.8, 4) is 5.75 Å². The lowest BCUT2D eigenvalue weighted by Gasteiger charge is -2.05. The van der Waals surface area contributed by atoms with E-state index >= 15 is 0 Å². The molecule has 0 aliphatic heterocycles. The Kier molecular flexibility index (Phi) is 4.10. The van der Waals surface area contributed by atoms with Crippen molar-refractivity contribution in [3.63, 3.8) is 0 Å². The van der Waals surface area contributed by atoms with Crippen LogP contribution in [0.2, 0.25) is 0 Å². The lowest BCUT2D eigenvalue weighted by molar-refractivity contribution is -0.113. The van der Waals surface area contributed by atoms with Crippen molar-refractivity contribution in [2.24, 2.45) is 0 Å². The molecular formula is C14H15N3O3S. The van der Waals surface area contributed by atoms with Gasteiger partial charge in [-0.05, 0) is 25.0 Å². The topological polar surface area (TPSA) is 77.2 Å². The van der Waals surface area contributed by atoms with Gasteiger partial charge >= 0.3 is 0 Å². The van der Waals surface area contributed by atoms with Gasteiger partial charge in [0.1, 0.15) is 5.75 Å². The molecule has 0 radical (unpaired) electrons. The van der Waals surface area contributed by atoms with Crippen molar-refractivity contribution in [1.82, 2.24) is 10.2 Å². The fourth-order valence-corrected chi connectivity index (χ4v) is 2.37. The fourth-order valence-electron chi connectivity index (χ4n) is 1.80. The number of benzene rings is 1. The Morgan fingerprint density at radius 2 is 2.33 bits per heavy atom. The van der Waals surface area contributed by atoms with Crippen molar-refractivity contribution < 1.29 is 13.9 Å². The molecule has 0 spiro atoms. The van der Waals surface area contributed by atoms with Gasteiger partial charge in [0, 0.05) is 17.7 Å². The molecule has 1 heterocycles. The third-order valence-corrected chi connectivity index (χ3v) is 3.85. The molecule has 0 unspecified atom stereocenters. The summed E-state index contributed by atoms with van der Waals surface area (Å²) < 4.78 is 10.6. The Balaban J connectivity index is 1.51. The van der Waals surface area contributed by atoms with Gasteiger partial charge in [-0.2, -0.15) is 0 Å². The van der Waals surface area contributed by atoms with Crippen LogP contribution in [-0.4, -0.2) is 29.0 Å². The predicted octanol–water partition coefficient (Wildman–Crippen LogP) is 2.69. The highest BCUT2D eigenvalue weighted by Gasteiger charge is 2.29. The van der Waals surface area contributed by atoms with Crippen molar-refractivity contribution in [1.29, 1.82) is 0 Å². The van der Waals surface area contributed by atoms with Crippen LogP contribution in [0.5, 0.6) is 5.75 Å². The standard InChI is InChI=1S/C14H15N3O3S/c1-19-11-4-2-3-10(7-11)15-12(18)8-21-14-17-16-13(20-14)9-5-6-9/h2-4,7,9H,5-6,8H2,1H3,(H,15,18). The number of amides is 1. The van der Waals surface area contributed by atoms with Gasteiger partial charge < -0.3 is 14.5 Å². The molecule has 1 aliphatic carbocycles. The van der Waals surface area contributed by atoms with E-state index < -0.39 is 0 Å². The molecule has 7 heteroatoms. The molecule has 1 amide bonds. The first-order chi connectivity index (χ1) is 10.2. The van der Waals surface area contributed by atoms with Gasteiger partial charge in [-0.3, -0.25) is 4.79 Å². The number of nitrogens with one attached hydrogen (secondary N) is 1. The first kappa shape index (κ1) is 13.9. The van der Waals surface area contributed by atoms with Crippen LogP contribution >= 0.6 is 11.8 Å². The van der Waals surface area contributed by atoms with Crippen LogP contribution in [0.4, 0.5) is 5.69 Å². The number of aromatic nitrogens is 2. The zero-order valence-corrected chi connectivity index (χ0v) is 12.4. The number of methoxy groups -OCH3 is 1. The van der Waals surface area contributed by atoms with Gasteiger partial charge in [-0.25, -0.2) is 0 Å². The van der Waals surface area contributed by atoms with Crippen molar-refractivity contribution in [2.45, 2.75) is 24.0 Å². The molecule has 0 atom stereocenters. The number of ether oxygens (including phenoxy) is 1. The smallest absolute Gasteiger partial charge is 0.277 e. The largest absolute Gasteiger partial charge is 0.497 e. The molecule has 110 valence electrons. The summed E-state index contributed by atoms with van der Waals surface area (Å²) in [5.74, 6) is 1.91. The summed E-state index contributed by atoms with van der Waals surface area (Å²) in [5.41, 5.74) is 0.698. The SMILES string of the molecule is COc1cccc(NC(=O)CSc2nnc(C3CC3)o2)c1. The van der Waals surface area contributed by atoms with Crippen LogP contribution in [-0.2, 0) is 4.79 Å². The number of anilines is 1. The van der Waals surface area contributed by atoms with Gasteiger partial charge in [-0.15, -0.1) is 10.2 Å². The highest BCUT2D eigenvalue weighted by atomic mass is 32.2. The zero-order valence-electron chi connectivity index (χ0n) is 11.5. The molecular weight excluding hydrogens is 290 g/mol. The van der Waals surface area contributed by atoms with Gasteiger partial charge in [0.15, 0.2) is 0 Å². The number of hydrogen-bond donors (Lipinski definition) is 1. The quantitative estimate of drug-likeness (QED) is 0.827. The van der Waals surface area contributed by atoms with Crippen LogP contribution < -0.4 is 10.1 Å². The van der Waals surface area contributed by atoms with Gasteiger partial charge in [0.25, 0.3) is 5.22 Å². The van der Waals surface area contributed by atoms with E-state index in [2.05, 4.69) is 15.5 Å². The number of rotatable bonds is 6. The van der Waals surface area contributed by atoms with Crippen LogP contribution in [0.1, 0.15) is 24.7 Å². The van der Waals surface area contributed by atoms with E-state index in [0.29, 0.717) is 28.5 Å². The fraction of sp³-hybridized carbons (Fsp3) is 0.357. The maximum Gasteiger partial charge on any atom is 0.277 e. The molecule has 0 saturated heterocycles. The Morgan fingerprint density at radius 3 is 3.10 bits per heavy atom. The highest BCUT2D eigenvalue weighted by Crippen LogP contribution is 2.39. The molecule has 1 fully saturated rings. The number of hydrogen-bond acceptors (Lipinski definition) is 6. The maximum atomic E-state index is 11.9. The Hall–Kier alpha value is -2.02. The summed E-state index contributed by atoms with van der Waals surface area (Å²) in [5, 5.41) is 11.1. The molecule has 1 aliphatic rings. The predicted molar refractivity (Wildman–Crippen MR) is 78.6 cm³/mol. The Labute approximate surface area is 126 Å². The highest BCUT2D eigenvalue weighted by molar-refractivity contribution is 7.99. The van der Waals surface area contributed by atoms with Gasteiger partial charge in [-0.1, -0.05) is 17.8 Å². The number of thioether (sulfide) groups is 1. The van der Waals surface area contributed by atoms with Gasteiger partial charge in [0.2, 0.25) is 11.8 Å². The van der Waals surface area contributed by atoms with Crippen LogP contribution in [0.3, 0.4) is 0 Å². The monoisotopic (exact) mass is 305 g/mol. The number of carbonyl (C=O) groups is 1. The molecule has 0 bridgehead atoms. The first-order valence-electron chi connectivity index (χ1n) is 6.64. The van der Waals surface area contributed by atoms with E-state index in [1.165, 1.54) is 11.8 Å². The molecule has 1 saturated carbocycles. The average Bonchev–Trinajstić information content (AvgIpc) is 3.24. The third kappa shape index (κ3) is 3.75. The van der Waals surface area contributed by atoms with E-state index in [9.17, 15) is 4.79 Å². The second-order valence-corrected chi connectivity index (χ2v) is 5.68. The van der Waals surface area contributed by atoms with E-state index in [0.717, 1.165) is 12.8 Å². The minimum atomic E-state index is -0.126. The summed E-state index contributed by atoms with van der Waals surface area (Å²) >= 11 is 1.24. The summed E-state index contributed by atoms with van der Waals surface area (Å²) in [7, 11) is 1.59. The second kappa shape index (κ2) is 6.17. The lowest BCUT2D eigenvalue weighted by Crippen LogP contribution is -2.13. The molecule has 1 aromatic carbocycles. The lowest BCUT2D eigenvalue weighted by atomic mass is 10.3. The van der Waals surface area contributed by atoms with Crippen LogP contribution in [0, 0.1) is 0 Å². The maximum absolute atomic E-state index is 11.9. The summed E-state index contributed by atoms with van der Waals surface area (Å²) in [6.45, 7) is 0. The van der Waals surface area contributed by atoms with Crippen LogP contribution in [0.15, 0.2) is 33.9 Å². The number of nitrogens with zero attached hydrogens (tertiary/aromatic N) is 2. The van der Waals surface area contributed by atoms with E-state index in [1.54, 1.807) is 13.2 Å². The summed E-state index contributed by atoms with van der Waals surface area (Å²) in [4.78, 5) is 11.9. The minimum Gasteiger partial charge on any atom is -0.497 e. The van der Waals surface area contributed by atoms with Gasteiger partial charge in [0.05, 0.1) is 12.9 Å². The van der Waals surface area contributed by atoms with Crippen molar-refractivity contribution >= 4 is 23.4 Å².